The molecule has 0 unspecified atom stereocenters. The highest BCUT2D eigenvalue weighted by molar-refractivity contribution is 9.10. The average Bonchev–Trinajstić information content (AvgIpc) is 2.69. The second-order valence-corrected chi connectivity index (χ2v) is 8.11. The molecule has 1 fully saturated rings. The Morgan fingerprint density at radius 3 is 2.60 bits per heavy atom. The maximum absolute atomic E-state index is 14.3. The van der Waals surface area contributed by atoms with Gasteiger partial charge in [0.1, 0.15) is 23.2 Å². The lowest BCUT2D eigenvalue weighted by molar-refractivity contribution is -0.386. The van der Waals surface area contributed by atoms with Crippen LogP contribution in [0, 0.1) is 21.7 Å². The molecular weight excluding hydrogens is 462 g/mol. The van der Waals surface area contributed by atoms with E-state index in [1.54, 1.807) is 18.2 Å². The lowest BCUT2D eigenvalue weighted by Gasteiger charge is -2.45. The van der Waals surface area contributed by atoms with Gasteiger partial charge in [0.15, 0.2) is 0 Å². The Labute approximate surface area is 178 Å². The van der Waals surface area contributed by atoms with Crippen LogP contribution in [0.25, 0.3) is 10.9 Å². The summed E-state index contributed by atoms with van der Waals surface area (Å²) < 4.78 is 33.4. The van der Waals surface area contributed by atoms with Gasteiger partial charge < -0.3 is 4.74 Å². The summed E-state index contributed by atoms with van der Waals surface area (Å²) in [5.74, 6) is -1.97. The number of methoxy groups -OCH3 is 1. The molecule has 0 spiro atoms. The third-order valence-corrected chi connectivity index (χ3v) is 6.28. The number of aromatic nitrogens is 1. The minimum Gasteiger partial charge on any atom is -0.468 e. The van der Waals surface area contributed by atoms with Gasteiger partial charge in [-0.25, -0.2) is 13.8 Å². The third-order valence-electron chi connectivity index (χ3n) is 5.68. The number of benzene rings is 2. The topological polar surface area (TPSA) is 82.3 Å². The van der Waals surface area contributed by atoms with Crippen molar-refractivity contribution < 1.29 is 23.2 Å². The van der Waals surface area contributed by atoms with Crippen molar-refractivity contribution in [1.29, 1.82) is 0 Å². The Kier molecular flexibility index (Phi) is 5.01. The Bertz CT molecular complexity index is 1200. The van der Waals surface area contributed by atoms with Gasteiger partial charge in [0.25, 0.3) is 5.69 Å². The first kappa shape index (κ1) is 20.3. The minimum atomic E-state index is -1.37. The van der Waals surface area contributed by atoms with Gasteiger partial charge in [-0.15, -0.1) is 0 Å². The second kappa shape index (κ2) is 7.39. The maximum atomic E-state index is 14.3. The number of nitro groups is 1. The SMILES string of the molecule is COC(=O)C1(c2c([N+](=O)[O-])cnc3cc(F)c(Br)cc23)CC(c2ccccc2F)C1. The zero-order valence-corrected chi connectivity index (χ0v) is 17.3. The van der Waals surface area contributed by atoms with E-state index in [1.807, 2.05) is 0 Å². The van der Waals surface area contributed by atoms with E-state index in [-0.39, 0.29) is 45.4 Å². The predicted molar refractivity (Wildman–Crippen MR) is 108 cm³/mol. The highest BCUT2D eigenvalue weighted by Gasteiger charge is 2.56. The molecule has 1 aliphatic rings. The molecule has 0 aliphatic heterocycles. The molecule has 1 saturated carbocycles. The van der Waals surface area contributed by atoms with Crippen molar-refractivity contribution in [2.24, 2.45) is 0 Å². The van der Waals surface area contributed by atoms with Gasteiger partial charge in [0.05, 0.1) is 27.6 Å². The molecule has 0 atom stereocenters. The number of hydrogen-bond acceptors (Lipinski definition) is 5. The van der Waals surface area contributed by atoms with Crippen molar-refractivity contribution >= 4 is 38.5 Å². The van der Waals surface area contributed by atoms with Crippen LogP contribution < -0.4 is 0 Å². The molecule has 1 aromatic heterocycles. The lowest BCUT2D eigenvalue weighted by Crippen LogP contribution is -2.48. The molecule has 0 N–H and O–H groups in total. The molecule has 0 radical (unpaired) electrons. The van der Waals surface area contributed by atoms with Crippen molar-refractivity contribution in [2.75, 3.05) is 7.11 Å². The smallest absolute Gasteiger partial charge is 0.316 e. The summed E-state index contributed by atoms with van der Waals surface area (Å²) >= 11 is 3.09. The van der Waals surface area contributed by atoms with Gasteiger partial charge in [-0.2, -0.15) is 0 Å². The number of carbonyl (C=O) groups excluding carboxylic acids is 1. The first-order chi connectivity index (χ1) is 14.3. The molecular formula is C21H15BrF2N2O4. The van der Waals surface area contributed by atoms with E-state index in [1.165, 1.54) is 19.2 Å². The minimum absolute atomic E-state index is 0.0866. The van der Waals surface area contributed by atoms with E-state index in [0.29, 0.717) is 5.56 Å². The molecule has 6 nitrogen and oxygen atoms in total. The highest BCUT2D eigenvalue weighted by atomic mass is 79.9. The molecule has 0 bridgehead atoms. The quantitative estimate of drug-likeness (QED) is 0.294. The van der Waals surface area contributed by atoms with Crippen LogP contribution in [0.5, 0.6) is 0 Å². The molecule has 1 aliphatic carbocycles. The molecule has 30 heavy (non-hydrogen) atoms. The number of carbonyl (C=O) groups is 1. The summed E-state index contributed by atoms with van der Waals surface area (Å²) in [7, 11) is 1.20. The molecule has 3 aromatic rings. The van der Waals surface area contributed by atoms with Crippen molar-refractivity contribution in [1.82, 2.24) is 4.98 Å². The Hall–Kier alpha value is -2.94. The van der Waals surface area contributed by atoms with Crippen LogP contribution in [0.15, 0.2) is 47.1 Å². The van der Waals surface area contributed by atoms with E-state index >= 15 is 0 Å². The predicted octanol–water partition coefficient (Wildman–Crippen LogP) is 5.17. The summed E-state index contributed by atoms with van der Waals surface area (Å²) in [4.78, 5) is 28.1. The van der Waals surface area contributed by atoms with E-state index in [9.17, 15) is 23.7 Å². The normalized spacial score (nSPS) is 20.6. The van der Waals surface area contributed by atoms with Gasteiger partial charge in [0, 0.05) is 11.5 Å². The number of pyridine rings is 1. The first-order valence-electron chi connectivity index (χ1n) is 9.04. The van der Waals surface area contributed by atoms with Crippen molar-refractivity contribution in [3.63, 3.8) is 0 Å². The lowest BCUT2D eigenvalue weighted by atomic mass is 9.56. The first-order valence-corrected chi connectivity index (χ1v) is 9.83. The van der Waals surface area contributed by atoms with Crippen LogP contribution >= 0.6 is 15.9 Å². The highest BCUT2D eigenvalue weighted by Crippen LogP contribution is 2.57. The number of hydrogen-bond donors (Lipinski definition) is 0. The van der Waals surface area contributed by atoms with Crippen molar-refractivity contribution in [3.05, 3.63) is 79.9 Å². The molecule has 1 heterocycles. The number of rotatable bonds is 4. The Balaban J connectivity index is 1.94. The molecule has 0 amide bonds. The van der Waals surface area contributed by atoms with Crippen molar-refractivity contribution in [2.45, 2.75) is 24.2 Å². The second-order valence-electron chi connectivity index (χ2n) is 7.26. The fraction of sp³-hybridized carbons (Fsp3) is 0.238. The number of fused-ring (bicyclic) bond motifs is 1. The van der Waals surface area contributed by atoms with Crippen LogP contribution in [-0.2, 0) is 14.9 Å². The van der Waals surface area contributed by atoms with Crippen LogP contribution in [-0.4, -0.2) is 23.0 Å². The molecule has 9 heteroatoms. The molecule has 0 saturated heterocycles. The van der Waals surface area contributed by atoms with Crippen LogP contribution in [0.2, 0.25) is 0 Å². The third kappa shape index (κ3) is 3.04. The number of nitrogens with zero attached hydrogens (tertiary/aromatic N) is 2. The maximum Gasteiger partial charge on any atom is 0.316 e. The van der Waals surface area contributed by atoms with Crippen LogP contribution in [0.4, 0.5) is 14.5 Å². The summed E-state index contributed by atoms with van der Waals surface area (Å²) in [6, 6.07) is 8.74. The summed E-state index contributed by atoms with van der Waals surface area (Å²) in [6.07, 6.45) is 1.26. The fourth-order valence-corrected chi connectivity index (χ4v) is 4.64. The van der Waals surface area contributed by atoms with Gasteiger partial charge in [0.2, 0.25) is 0 Å². The standard InChI is InChI=1S/C21H15BrF2N2O4/c1-30-20(27)21(8-11(9-21)12-4-2-3-5-15(12)23)19-13-6-14(22)16(24)7-17(13)25-10-18(19)26(28)29/h2-7,10-11H,8-9H2,1H3. The Morgan fingerprint density at radius 2 is 1.97 bits per heavy atom. The van der Waals surface area contributed by atoms with E-state index < -0.39 is 27.9 Å². The number of halogens is 3. The molecule has 154 valence electrons. The monoisotopic (exact) mass is 476 g/mol. The summed E-state index contributed by atoms with van der Waals surface area (Å²) in [5.41, 5.74) is -1.02. The number of ether oxygens (including phenoxy) is 1. The van der Waals surface area contributed by atoms with Gasteiger partial charge >= 0.3 is 5.97 Å². The summed E-state index contributed by atoms with van der Waals surface area (Å²) in [5, 5.41) is 12.1. The van der Waals surface area contributed by atoms with Crippen molar-refractivity contribution in [3.8, 4) is 0 Å². The van der Waals surface area contributed by atoms with E-state index in [4.69, 9.17) is 4.74 Å². The Morgan fingerprint density at radius 1 is 1.27 bits per heavy atom. The fourth-order valence-electron chi connectivity index (χ4n) is 4.29. The zero-order valence-electron chi connectivity index (χ0n) is 15.7. The van der Waals surface area contributed by atoms with Gasteiger partial charge in [-0.1, -0.05) is 18.2 Å². The summed E-state index contributed by atoms with van der Waals surface area (Å²) in [6.45, 7) is 0. The average molecular weight is 477 g/mol. The zero-order chi connectivity index (χ0) is 21.6. The number of esters is 1. The molecule has 4 rings (SSSR count). The van der Waals surface area contributed by atoms with E-state index in [0.717, 1.165) is 12.3 Å². The van der Waals surface area contributed by atoms with Crippen LogP contribution in [0.1, 0.15) is 29.9 Å². The van der Waals surface area contributed by atoms with Gasteiger partial charge in [-0.05, 0) is 52.4 Å². The van der Waals surface area contributed by atoms with Crippen LogP contribution in [0.3, 0.4) is 0 Å². The van der Waals surface area contributed by atoms with Gasteiger partial charge in [-0.3, -0.25) is 14.9 Å². The van der Waals surface area contributed by atoms with E-state index in [2.05, 4.69) is 20.9 Å². The largest absolute Gasteiger partial charge is 0.468 e. The molecule has 2 aromatic carbocycles.